The second-order valence-electron chi connectivity index (χ2n) is 6.03. The monoisotopic (exact) mass is 306 g/mol. The molecule has 7 heteroatoms. The van der Waals surface area contributed by atoms with Crippen LogP contribution in [0.4, 0.5) is 13.2 Å². The third-order valence-corrected chi connectivity index (χ3v) is 4.45. The Kier molecular flexibility index (Phi) is 4.49. The molecule has 2 aliphatic rings. The molecule has 0 aromatic rings. The summed E-state index contributed by atoms with van der Waals surface area (Å²) in [5.41, 5.74) is -0.798. The van der Waals surface area contributed by atoms with Gasteiger partial charge >= 0.3 is 6.18 Å². The molecule has 1 spiro atoms. The van der Waals surface area contributed by atoms with E-state index in [1.165, 1.54) is 4.90 Å². The minimum atomic E-state index is -4.17. The Labute approximate surface area is 122 Å². The Morgan fingerprint density at radius 2 is 1.86 bits per heavy atom. The van der Waals surface area contributed by atoms with Crippen molar-refractivity contribution in [3.63, 3.8) is 0 Å². The summed E-state index contributed by atoms with van der Waals surface area (Å²) in [5, 5.41) is 2.83. The molecule has 1 saturated heterocycles. The van der Waals surface area contributed by atoms with Crippen molar-refractivity contribution in [3.05, 3.63) is 0 Å². The molecule has 2 amide bonds. The van der Waals surface area contributed by atoms with E-state index < -0.39 is 24.2 Å². The third-order valence-electron chi connectivity index (χ3n) is 4.45. The number of hydrogen-bond acceptors (Lipinski definition) is 2. The predicted octanol–water partition coefficient (Wildman–Crippen LogP) is 2.38. The molecule has 0 aromatic heterocycles. The van der Waals surface area contributed by atoms with Gasteiger partial charge in [0.15, 0.2) is 0 Å². The normalized spacial score (nSPS) is 25.5. The first-order chi connectivity index (χ1) is 9.75. The number of amides is 2. The maximum Gasteiger partial charge on any atom is 0.389 e. The van der Waals surface area contributed by atoms with Gasteiger partial charge < -0.3 is 10.2 Å². The molecule has 1 unspecified atom stereocenters. The second kappa shape index (κ2) is 5.85. The Morgan fingerprint density at radius 1 is 1.24 bits per heavy atom. The molecule has 1 aliphatic carbocycles. The Morgan fingerprint density at radius 3 is 2.43 bits per heavy atom. The highest BCUT2D eigenvalue weighted by Crippen LogP contribution is 2.34. The molecule has 1 N–H and O–H groups in total. The van der Waals surface area contributed by atoms with Crippen molar-refractivity contribution in [3.8, 4) is 0 Å². The van der Waals surface area contributed by atoms with E-state index in [4.69, 9.17) is 0 Å². The van der Waals surface area contributed by atoms with E-state index in [1.807, 2.05) is 0 Å². The molecule has 0 bridgehead atoms. The average molecular weight is 306 g/mol. The number of hydrogen-bond donors (Lipinski definition) is 1. The number of halogens is 3. The highest BCUT2D eigenvalue weighted by Gasteiger charge is 2.50. The molecule has 1 saturated carbocycles. The van der Waals surface area contributed by atoms with E-state index in [2.05, 4.69) is 5.32 Å². The molecule has 2 rings (SSSR count). The molecule has 120 valence electrons. The van der Waals surface area contributed by atoms with Gasteiger partial charge in [0, 0.05) is 13.0 Å². The number of carbonyl (C=O) groups is 2. The van der Waals surface area contributed by atoms with Crippen molar-refractivity contribution in [2.45, 2.75) is 69.6 Å². The topological polar surface area (TPSA) is 49.4 Å². The van der Waals surface area contributed by atoms with Gasteiger partial charge in [-0.05, 0) is 32.6 Å². The highest BCUT2D eigenvalue weighted by atomic mass is 19.4. The molecule has 1 heterocycles. The first kappa shape index (κ1) is 16.1. The summed E-state index contributed by atoms with van der Waals surface area (Å²) in [5.74, 6) is -0.327. The van der Waals surface area contributed by atoms with Gasteiger partial charge in [-0.25, -0.2) is 0 Å². The Bertz CT molecular complexity index is 417. The summed E-state index contributed by atoms with van der Waals surface area (Å²) < 4.78 is 36.4. The predicted molar refractivity (Wildman–Crippen MR) is 70.4 cm³/mol. The average Bonchev–Trinajstić information content (AvgIpc) is 2.84. The van der Waals surface area contributed by atoms with Crippen LogP contribution in [-0.2, 0) is 9.59 Å². The van der Waals surface area contributed by atoms with E-state index in [-0.39, 0.29) is 31.2 Å². The van der Waals surface area contributed by atoms with Gasteiger partial charge in [-0.2, -0.15) is 13.2 Å². The fourth-order valence-corrected chi connectivity index (χ4v) is 3.21. The standard InChI is InChI=1S/C14H21F3N2O2/c1-10-11(20)18-13(6-2-3-7-13)12(21)19(10)9-5-4-8-14(15,16)17/h10H,2-9H2,1H3,(H,18,20). The lowest BCUT2D eigenvalue weighted by Crippen LogP contribution is -2.68. The smallest absolute Gasteiger partial charge is 0.340 e. The number of nitrogens with one attached hydrogen (secondary N) is 1. The summed E-state index contributed by atoms with van der Waals surface area (Å²) >= 11 is 0. The largest absolute Gasteiger partial charge is 0.389 e. The zero-order valence-corrected chi connectivity index (χ0v) is 12.1. The van der Waals surface area contributed by atoms with Crippen LogP contribution in [0.5, 0.6) is 0 Å². The maximum atomic E-state index is 12.6. The van der Waals surface area contributed by atoms with Crippen molar-refractivity contribution in [2.24, 2.45) is 0 Å². The van der Waals surface area contributed by atoms with Crippen LogP contribution < -0.4 is 5.32 Å². The van der Waals surface area contributed by atoms with Crippen LogP contribution in [0.25, 0.3) is 0 Å². The van der Waals surface area contributed by atoms with Gasteiger partial charge in [0.2, 0.25) is 11.8 Å². The maximum absolute atomic E-state index is 12.6. The number of unbranched alkanes of at least 4 members (excludes halogenated alkanes) is 1. The van der Waals surface area contributed by atoms with E-state index in [0.717, 1.165) is 12.8 Å². The van der Waals surface area contributed by atoms with Crippen LogP contribution in [-0.4, -0.2) is 41.0 Å². The summed E-state index contributed by atoms with van der Waals surface area (Å²) in [7, 11) is 0. The van der Waals surface area contributed by atoms with Crippen molar-refractivity contribution in [1.29, 1.82) is 0 Å². The molecule has 0 radical (unpaired) electrons. The van der Waals surface area contributed by atoms with Gasteiger partial charge in [-0.3, -0.25) is 9.59 Å². The van der Waals surface area contributed by atoms with E-state index in [0.29, 0.717) is 12.8 Å². The number of alkyl halides is 3. The van der Waals surface area contributed by atoms with E-state index in [9.17, 15) is 22.8 Å². The van der Waals surface area contributed by atoms with Crippen LogP contribution >= 0.6 is 0 Å². The quantitative estimate of drug-likeness (QED) is 0.811. The molecule has 1 atom stereocenters. The van der Waals surface area contributed by atoms with Crippen molar-refractivity contribution in [1.82, 2.24) is 10.2 Å². The van der Waals surface area contributed by atoms with Crippen LogP contribution in [0, 0.1) is 0 Å². The van der Waals surface area contributed by atoms with Crippen molar-refractivity contribution >= 4 is 11.8 Å². The fraction of sp³-hybridized carbons (Fsp3) is 0.857. The number of piperazine rings is 1. The summed E-state index contributed by atoms with van der Waals surface area (Å²) in [6.45, 7) is 1.84. The van der Waals surface area contributed by atoms with E-state index in [1.54, 1.807) is 6.92 Å². The fourth-order valence-electron chi connectivity index (χ4n) is 3.21. The molecular formula is C14H21F3N2O2. The number of rotatable bonds is 4. The highest BCUT2D eigenvalue weighted by molar-refractivity contribution is 5.99. The minimum absolute atomic E-state index is 0.0192. The van der Waals surface area contributed by atoms with Gasteiger partial charge in [0.1, 0.15) is 11.6 Å². The number of carbonyl (C=O) groups excluding carboxylic acids is 2. The number of nitrogens with zero attached hydrogens (tertiary/aromatic N) is 1. The lowest BCUT2D eigenvalue weighted by molar-refractivity contribution is -0.154. The van der Waals surface area contributed by atoms with Gasteiger partial charge in [-0.1, -0.05) is 12.8 Å². The van der Waals surface area contributed by atoms with Crippen LogP contribution in [0.3, 0.4) is 0 Å². The second-order valence-corrected chi connectivity index (χ2v) is 6.03. The first-order valence-corrected chi connectivity index (χ1v) is 7.45. The Hall–Kier alpha value is -1.27. The summed E-state index contributed by atoms with van der Waals surface area (Å²) in [6.07, 6.45) is -1.73. The van der Waals surface area contributed by atoms with Crippen molar-refractivity contribution in [2.75, 3.05) is 6.54 Å². The minimum Gasteiger partial charge on any atom is -0.340 e. The molecule has 2 fully saturated rings. The Balaban J connectivity index is 1.96. The molecule has 0 aromatic carbocycles. The summed E-state index contributed by atoms with van der Waals surface area (Å²) in [6, 6.07) is -0.602. The summed E-state index contributed by atoms with van der Waals surface area (Å²) in [4.78, 5) is 26.1. The lowest BCUT2D eigenvalue weighted by Gasteiger charge is -2.43. The van der Waals surface area contributed by atoms with E-state index >= 15 is 0 Å². The van der Waals surface area contributed by atoms with Crippen molar-refractivity contribution < 1.29 is 22.8 Å². The van der Waals surface area contributed by atoms with Gasteiger partial charge in [-0.15, -0.1) is 0 Å². The zero-order valence-electron chi connectivity index (χ0n) is 12.1. The zero-order chi connectivity index (χ0) is 15.7. The van der Waals surface area contributed by atoms with Gasteiger partial charge in [0.25, 0.3) is 0 Å². The third kappa shape index (κ3) is 3.49. The molecule has 4 nitrogen and oxygen atoms in total. The molecule has 21 heavy (non-hydrogen) atoms. The first-order valence-electron chi connectivity index (χ1n) is 7.45. The molecule has 1 aliphatic heterocycles. The van der Waals surface area contributed by atoms with Gasteiger partial charge in [0.05, 0.1) is 0 Å². The SMILES string of the molecule is CC1C(=O)NC2(CCCC2)C(=O)N1CCCCC(F)(F)F. The van der Waals surface area contributed by atoms with Crippen LogP contribution in [0.2, 0.25) is 0 Å². The van der Waals surface area contributed by atoms with Crippen LogP contribution in [0.15, 0.2) is 0 Å². The lowest BCUT2D eigenvalue weighted by atomic mass is 9.91. The van der Waals surface area contributed by atoms with Crippen LogP contribution in [0.1, 0.15) is 51.9 Å². The molecular weight excluding hydrogens is 285 g/mol.